The summed E-state index contributed by atoms with van der Waals surface area (Å²) in [4.78, 5) is 26.4. The molecule has 1 N–H and O–H groups in total. The molecule has 0 saturated carbocycles. The van der Waals surface area contributed by atoms with Gasteiger partial charge in [0.2, 0.25) is 5.91 Å². The van der Waals surface area contributed by atoms with E-state index in [1.807, 2.05) is 45.0 Å². The summed E-state index contributed by atoms with van der Waals surface area (Å²) in [5.74, 6) is 0.119. The molecule has 2 heterocycles. The standard InChI is InChI=1S/C19H19ClN4OS2/c1-11-12(2)22-19(23-13(11)3)26-10-17(25)24-18-21-9-16(27-18)8-14-5-4-6-15(20)7-14/h4-7,9H,8,10H2,1-3H3,(H,21,24,25). The number of aryl methyl sites for hydroxylation is 2. The Hall–Kier alpha value is -1.96. The molecule has 8 heteroatoms. The van der Waals surface area contributed by atoms with Gasteiger partial charge in [-0.15, -0.1) is 11.3 Å². The number of thioether (sulfide) groups is 1. The molecular formula is C19H19ClN4OS2. The molecule has 1 aromatic carbocycles. The maximum atomic E-state index is 12.2. The topological polar surface area (TPSA) is 67.8 Å². The van der Waals surface area contributed by atoms with Gasteiger partial charge in [-0.1, -0.05) is 35.5 Å². The number of nitrogens with zero attached hydrogens (tertiary/aromatic N) is 3. The monoisotopic (exact) mass is 418 g/mol. The summed E-state index contributed by atoms with van der Waals surface area (Å²) in [7, 11) is 0. The van der Waals surface area contributed by atoms with Gasteiger partial charge in [-0.05, 0) is 44.0 Å². The molecule has 0 spiro atoms. The van der Waals surface area contributed by atoms with Crippen molar-refractivity contribution in [2.45, 2.75) is 32.3 Å². The first kappa shape index (κ1) is 19.8. The number of hydrogen-bond acceptors (Lipinski definition) is 6. The number of amides is 1. The molecule has 1 amide bonds. The molecule has 27 heavy (non-hydrogen) atoms. The van der Waals surface area contributed by atoms with E-state index in [9.17, 15) is 4.79 Å². The summed E-state index contributed by atoms with van der Waals surface area (Å²) in [6, 6.07) is 7.73. The zero-order valence-electron chi connectivity index (χ0n) is 15.2. The van der Waals surface area contributed by atoms with E-state index in [2.05, 4.69) is 20.3 Å². The number of thiazole rings is 1. The van der Waals surface area contributed by atoms with Crippen molar-refractivity contribution in [1.29, 1.82) is 0 Å². The quantitative estimate of drug-likeness (QED) is 0.458. The smallest absolute Gasteiger partial charge is 0.236 e. The van der Waals surface area contributed by atoms with E-state index in [1.165, 1.54) is 23.1 Å². The highest BCUT2D eigenvalue weighted by Crippen LogP contribution is 2.23. The number of carbonyl (C=O) groups is 1. The largest absolute Gasteiger partial charge is 0.301 e. The van der Waals surface area contributed by atoms with Crippen LogP contribution in [0.5, 0.6) is 0 Å². The van der Waals surface area contributed by atoms with Crippen LogP contribution in [0.1, 0.15) is 27.4 Å². The Morgan fingerprint density at radius 2 is 1.96 bits per heavy atom. The average Bonchev–Trinajstić information content (AvgIpc) is 3.04. The Morgan fingerprint density at radius 3 is 2.67 bits per heavy atom. The SMILES string of the molecule is Cc1nc(SCC(=O)Nc2ncc(Cc3cccc(Cl)c3)s2)nc(C)c1C. The molecule has 0 unspecified atom stereocenters. The predicted octanol–water partition coefficient (Wildman–Crippen LogP) is 4.83. The van der Waals surface area contributed by atoms with Crippen molar-refractivity contribution >= 4 is 45.7 Å². The van der Waals surface area contributed by atoms with Crippen molar-refractivity contribution in [3.8, 4) is 0 Å². The number of halogens is 1. The van der Waals surface area contributed by atoms with Crippen LogP contribution in [0, 0.1) is 20.8 Å². The van der Waals surface area contributed by atoms with Gasteiger partial charge in [-0.25, -0.2) is 15.0 Å². The minimum atomic E-state index is -0.122. The highest BCUT2D eigenvalue weighted by Gasteiger charge is 2.11. The first-order chi connectivity index (χ1) is 12.9. The summed E-state index contributed by atoms with van der Waals surface area (Å²) in [5, 5.41) is 4.76. The van der Waals surface area contributed by atoms with Crippen LogP contribution in [-0.2, 0) is 11.2 Å². The normalized spacial score (nSPS) is 10.8. The van der Waals surface area contributed by atoms with Gasteiger partial charge >= 0.3 is 0 Å². The molecule has 0 aliphatic carbocycles. The number of nitrogens with one attached hydrogen (secondary N) is 1. The Labute approximate surface area is 171 Å². The number of benzene rings is 1. The van der Waals surface area contributed by atoms with Crippen molar-refractivity contribution in [1.82, 2.24) is 15.0 Å². The lowest BCUT2D eigenvalue weighted by molar-refractivity contribution is -0.113. The Balaban J connectivity index is 1.55. The highest BCUT2D eigenvalue weighted by molar-refractivity contribution is 7.99. The van der Waals surface area contributed by atoms with Crippen LogP contribution < -0.4 is 5.32 Å². The fourth-order valence-electron chi connectivity index (χ4n) is 2.39. The van der Waals surface area contributed by atoms with Crippen LogP contribution in [0.3, 0.4) is 0 Å². The van der Waals surface area contributed by atoms with E-state index >= 15 is 0 Å². The van der Waals surface area contributed by atoms with Gasteiger partial charge in [-0.2, -0.15) is 0 Å². The fourth-order valence-corrected chi connectivity index (χ4v) is 4.20. The van der Waals surface area contributed by atoms with Crippen LogP contribution in [0.25, 0.3) is 0 Å². The highest BCUT2D eigenvalue weighted by atomic mass is 35.5. The van der Waals surface area contributed by atoms with Crippen LogP contribution >= 0.6 is 34.7 Å². The molecule has 0 bridgehead atoms. The number of aromatic nitrogens is 3. The second kappa shape index (κ2) is 8.82. The lowest BCUT2D eigenvalue weighted by Crippen LogP contribution is -2.14. The van der Waals surface area contributed by atoms with Crippen LogP contribution in [0.2, 0.25) is 5.02 Å². The van der Waals surface area contributed by atoms with Gasteiger partial charge < -0.3 is 5.32 Å². The molecule has 0 aliphatic rings. The second-order valence-electron chi connectivity index (χ2n) is 6.08. The fraction of sp³-hybridized carbons (Fsp3) is 0.263. The van der Waals surface area contributed by atoms with E-state index in [-0.39, 0.29) is 11.7 Å². The third kappa shape index (κ3) is 5.51. The minimum absolute atomic E-state index is 0.122. The third-order valence-electron chi connectivity index (χ3n) is 4.01. The first-order valence-electron chi connectivity index (χ1n) is 8.34. The number of rotatable bonds is 6. The van der Waals surface area contributed by atoms with E-state index in [0.717, 1.165) is 33.8 Å². The first-order valence-corrected chi connectivity index (χ1v) is 10.5. The second-order valence-corrected chi connectivity index (χ2v) is 8.57. The Bertz CT molecular complexity index is 951. The molecule has 0 saturated heterocycles. The summed E-state index contributed by atoms with van der Waals surface area (Å²) < 4.78 is 0. The summed E-state index contributed by atoms with van der Waals surface area (Å²) in [6.45, 7) is 5.89. The van der Waals surface area contributed by atoms with Crippen molar-refractivity contribution < 1.29 is 4.79 Å². The Kier molecular flexibility index (Phi) is 6.46. The number of hydrogen-bond donors (Lipinski definition) is 1. The van der Waals surface area contributed by atoms with E-state index < -0.39 is 0 Å². The predicted molar refractivity (Wildman–Crippen MR) is 112 cm³/mol. The van der Waals surface area contributed by atoms with Gasteiger partial charge in [0.25, 0.3) is 0 Å². The lowest BCUT2D eigenvalue weighted by atomic mass is 10.1. The molecule has 5 nitrogen and oxygen atoms in total. The van der Waals surface area contributed by atoms with Gasteiger partial charge in [0.15, 0.2) is 10.3 Å². The molecule has 3 aromatic rings. The van der Waals surface area contributed by atoms with Gasteiger partial charge in [0.05, 0.1) is 5.75 Å². The van der Waals surface area contributed by atoms with Crippen LogP contribution in [0.15, 0.2) is 35.6 Å². The summed E-state index contributed by atoms with van der Waals surface area (Å²) in [6.07, 6.45) is 2.52. The molecule has 0 fully saturated rings. The Morgan fingerprint density at radius 1 is 1.22 bits per heavy atom. The maximum Gasteiger partial charge on any atom is 0.236 e. The number of carbonyl (C=O) groups excluding carboxylic acids is 1. The molecule has 2 aromatic heterocycles. The van der Waals surface area contributed by atoms with Crippen LogP contribution in [0.4, 0.5) is 5.13 Å². The molecule has 140 valence electrons. The molecule has 0 atom stereocenters. The van der Waals surface area contributed by atoms with Gasteiger partial charge in [0.1, 0.15) is 0 Å². The zero-order valence-corrected chi connectivity index (χ0v) is 17.6. The van der Waals surface area contributed by atoms with Crippen molar-refractivity contribution in [3.63, 3.8) is 0 Å². The summed E-state index contributed by atoms with van der Waals surface area (Å²) in [5.41, 5.74) is 4.08. The van der Waals surface area contributed by atoms with Crippen molar-refractivity contribution in [2.75, 3.05) is 11.1 Å². The van der Waals surface area contributed by atoms with E-state index in [1.54, 1.807) is 6.20 Å². The number of anilines is 1. The van der Waals surface area contributed by atoms with Crippen molar-refractivity contribution in [3.05, 3.63) is 62.9 Å². The zero-order chi connectivity index (χ0) is 19.4. The molecular weight excluding hydrogens is 400 g/mol. The van der Waals surface area contributed by atoms with Gasteiger partial charge in [-0.3, -0.25) is 4.79 Å². The summed E-state index contributed by atoms with van der Waals surface area (Å²) >= 11 is 8.80. The van der Waals surface area contributed by atoms with E-state index in [4.69, 9.17) is 11.6 Å². The van der Waals surface area contributed by atoms with E-state index in [0.29, 0.717) is 15.3 Å². The van der Waals surface area contributed by atoms with Crippen molar-refractivity contribution in [2.24, 2.45) is 0 Å². The van der Waals surface area contributed by atoms with Crippen LogP contribution in [-0.4, -0.2) is 26.6 Å². The lowest BCUT2D eigenvalue weighted by Gasteiger charge is -2.06. The minimum Gasteiger partial charge on any atom is -0.301 e. The average molecular weight is 419 g/mol. The maximum absolute atomic E-state index is 12.2. The molecule has 3 rings (SSSR count). The third-order valence-corrected chi connectivity index (χ3v) is 6.01. The molecule has 0 aliphatic heterocycles. The molecule has 0 radical (unpaired) electrons. The van der Waals surface area contributed by atoms with Gasteiger partial charge in [0, 0.05) is 33.9 Å².